The predicted octanol–water partition coefficient (Wildman–Crippen LogP) is 0.912. The zero-order valence-corrected chi connectivity index (χ0v) is 6.43. The van der Waals surface area contributed by atoms with E-state index in [1.54, 1.807) is 13.8 Å². The molecule has 0 atom stereocenters. The van der Waals surface area contributed by atoms with Crippen molar-refractivity contribution in [1.82, 2.24) is 4.98 Å². The summed E-state index contributed by atoms with van der Waals surface area (Å²) in [5.74, 6) is -1.02. The van der Waals surface area contributed by atoms with E-state index in [9.17, 15) is 4.79 Å². The van der Waals surface area contributed by atoms with E-state index in [-0.39, 0.29) is 5.69 Å². The van der Waals surface area contributed by atoms with Gasteiger partial charge < -0.3 is 15.8 Å². The zero-order chi connectivity index (χ0) is 8.59. The Morgan fingerprint density at radius 2 is 2.09 bits per heavy atom. The third kappa shape index (κ3) is 1.07. The van der Waals surface area contributed by atoms with Crippen LogP contribution < -0.4 is 5.73 Å². The highest BCUT2D eigenvalue weighted by Crippen LogP contribution is 2.19. The number of hydrogen-bond donors (Lipinski definition) is 3. The Labute approximate surface area is 64.0 Å². The van der Waals surface area contributed by atoms with Crippen LogP contribution in [0.4, 0.5) is 5.69 Å². The molecule has 1 aromatic heterocycles. The van der Waals surface area contributed by atoms with Gasteiger partial charge in [-0.3, -0.25) is 0 Å². The molecule has 60 valence electrons. The maximum atomic E-state index is 10.5. The lowest BCUT2D eigenvalue weighted by atomic mass is 10.2. The molecule has 0 aliphatic rings. The molecule has 0 radical (unpaired) electrons. The first-order valence-electron chi connectivity index (χ1n) is 3.22. The molecule has 0 spiro atoms. The molecule has 0 aromatic carbocycles. The molecular formula is C7H10N2O2. The summed E-state index contributed by atoms with van der Waals surface area (Å²) in [4.78, 5) is 13.2. The minimum Gasteiger partial charge on any atom is -0.477 e. The second-order valence-electron chi connectivity index (χ2n) is 2.47. The molecule has 11 heavy (non-hydrogen) atoms. The number of rotatable bonds is 1. The molecule has 4 nitrogen and oxygen atoms in total. The van der Waals surface area contributed by atoms with Gasteiger partial charge in [0.05, 0.1) is 5.69 Å². The van der Waals surface area contributed by atoms with Crippen molar-refractivity contribution in [1.29, 1.82) is 0 Å². The predicted molar refractivity (Wildman–Crippen MR) is 41.6 cm³/mol. The van der Waals surface area contributed by atoms with Gasteiger partial charge in [0, 0.05) is 5.69 Å². The van der Waals surface area contributed by atoms with Crippen molar-refractivity contribution in [2.45, 2.75) is 13.8 Å². The van der Waals surface area contributed by atoms with Crippen LogP contribution in [0, 0.1) is 13.8 Å². The van der Waals surface area contributed by atoms with E-state index in [1.165, 1.54) is 0 Å². The number of aromatic nitrogens is 1. The lowest BCUT2D eigenvalue weighted by molar-refractivity contribution is 0.0692. The summed E-state index contributed by atoms with van der Waals surface area (Å²) >= 11 is 0. The van der Waals surface area contributed by atoms with Crippen LogP contribution in [-0.4, -0.2) is 16.1 Å². The van der Waals surface area contributed by atoms with Gasteiger partial charge in [0.15, 0.2) is 0 Å². The van der Waals surface area contributed by atoms with Gasteiger partial charge in [0.1, 0.15) is 5.69 Å². The first-order valence-corrected chi connectivity index (χ1v) is 3.22. The topological polar surface area (TPSA) is 79.1 Å². The lowest BCUT2D eigenvalue weighted by Crippen LogP contribution is -2.01. The molecule has 1 rings (SSSR count). The highest BCUT2D eigenvalue weighted by Gasteiger charge is 2.13. The Kier molecular flexibility index (Phi) is 1.60. The van der Waals surface area contributed by atoms with Crippen LogP contribution in [0.3, 0.4) is 0 Å². The molecule has 0 amide bonds. The SMILES string of the molecule is Cc1[nH]c(C(=O)O)c(N)c1C. The molecule has 1 heterocycles. The van der Waals surface area contributed by atoms with Crippen molar-refractivity contribution < 1.29 is 9.90 Å². The van der Waals surface area contributed by atoms with Gasteiger partial charge >= 0.3 is 5.97 Å². The van der Waals surface area contributed by atoms with Gasteiger partial charge in [-0.1, -0.05) is 0 Å². The first-order chi connectivity index (χ1) is 5.04. The molecule has 1 aromatic rings. The van der Waals surface area contributed by atoms with E-state index in [4.69, 9.17) is 10.8 Å². The van der Waals surface area contributed by atoms with Crippen LogP contribution in [0.5, 0.6) is 0 Å². The number of nitrogens with one attached hydrogen (secondary N) is 1. The molecule has 0 saturated heterocycles. The maximum absolute atomic E-state index is 10.5. The van der Waals surface area contributed by atoms with Crippen molar-refractivity contribution in [2.24, 2.45) is 0 Å². The summed E-state index contributed by atoms with van der Waals surface area (Å²) in [6, 6.07) is 0. The normalized spacial score (nSPS) is 10.0. The Balaban J connectivity index is 3.29. The summed E-state index contributed by atoms with van der Waals surface area (Å²) in [7, 11) is 0. The van der Waals surface area contributed by atoms with Gasteiger partial charge in [-0.05, 0) is 19.4 Å². The van der Waals surface area contributed by atoms with Crippen molar-refractivity contribution in [3.63, 3.8) is 0 Å². The second-order valence-corrected chi connectivity index (χ2v) is 2.47. The van der Waals surface area contributed by atoms with Crippen LogP contribution >= 0.6 is 0 Å². The minimum absolute atomic E-state index is 0.0833. The molecule has 4 heteroatoms. The second kappa shape index (κ2) is 2.30. The van der Waals surface area contributed by atoms with E-state index in [1.807, 2.05) is 0 Å². The van der Waals surface area contributed by atoms with Gasteiger partial charge in [-0.2, -0.15) is 0 Å². The third-order valence-corrected chi connectivity index (χ3v) is 1.76. The van der Waals surface area contributed by atoms with Crippen molar-refractivity contribution in [3.05, 3.63) is 17.0 Å². The monoisotopic (exact) mass is 154 g/mol. The minimum atomic E-state index is -1.02. The van der Waals surface area contributed by atoms with Gasteiger partial charge in [0.2, 0.25) is 0 Å². The molecule has 0 saturated carbocycles. The summed E-state index contributed by atoms with van der Waals surface area (Å²) in [6.07, 6.45) is 0. The van der Waals surface area contributed by atoms with Crippen LogP contribution in [0.15, 0.2) is 0 Å². The molecule has 0 fully saturated rings. The number of aromatic carboxylic acids is 1. The van der Waals surface area contributed by atoms with Crippen molar-refractivity contribution in [3.8, 4) is 0 Å². The fourth-order valence-corrected chi connectivity index (χ4v) is 0.907. The Morgan fingerprint density at radius 3 is 2.27 bits per heavy atom. The molecule has 0 aliphatic heterocycles. The summed E-state index contributed by atoms with van der Waals surface area (Å²) in [5, 5.41) is 8.59. The summed E-state index contributed by atoms with van der Waals surface area (Å²) < 4.78 is 0. The third-order valence-electron chi connectivity index (χ3n) is 1.76. The summed E-state index contributed by atoms with van der Waals surface area (Å²) in [5.41, 5.74) is 7.52. The van der Waals surface area contributed by atoms with Crippen molar-refractivity contribution in [2.75, 3.05) is 5.73 Å². The molecule has 0 bridgehead atoms. The lowest BCUT2D eigenvalue weighted by Gasteiger charge is -1.90. The number of carboxylic acids is 1. The summed E-state index contributed by atoms with van der Waals surface area (Å²) in [6.45, 7) is 3.58. The van der Waals surface area contributed by atoms with Crippen LogP contribution in [-0.2, 0) is 0 Å². The Hall–Kier alpha value is -1.45. The van der Waals surface area contributed by atoms with E-state index < -0.39 is 5.97 Å². The number of carbonyl (C=O) groups is 1. The number of aryl methyl sites for hydroxylation is 1. The molecule has 0 aliphatic carbocycles. The standard InChI is InChI=1S/C7H10N2O2/c1-3-4(2)9-6(5(3)8)7(10)11/h9H,8H2,1-2H3,(H,10,11). The highest BCUT2D eigenvalue weighted by molar-refractivity contribution is 5.92. The van der Waals surface area contributed by atoms with E-state index in [0.717, 1.165) is 11.3 Å². The van der Waals surface area contributed by atoms with Crippen LogP contribution in [0.1, 0.15) is 21.7 Å². The van der Waals surface area contributed by atoms with E-state index in [2.05, 4.69) is 4.98 Å². The Bertz CT molecular complexity index is 302. The average Bonchev–Trinajstić information content (AvgIpc) is 2.17. The van der Waals surface area contributed by atoms with Crippen LogP contribution in [0.2, 0.25) is 0 Å². The Morgan fingerprint density at radius 1 is 1.55 bits per heavy atom. The van der Waals surface area contributed by atoms with Crippen LogP contribution in [0.25, 0.3) is 0 Å². The van der Waals surface area contributed by atoms with Crippen molar-refractivity contribution >= 4 is 11.7 Å². The number of H-pyrrole nitrogens is 1. The smallest absolute Gasteiger partial charge is 0.354 e. The number of hydrogen-bond acceptors (Lipinski definition) is 2. The number of nitrogens with two attached hydrogens (primary N) is 1. The number of anilines is 1. The first kappa shape index (κ1) is 7.65. The van der Waals surface area contributed by atoms with E-state index in [0.29, 0.717) is 5.69 Å². The number of aromatic amines is 1. The number of carboxylic acid groups (broad SMARTS) is 1. The number of nitrogen functional groups attached to an aromatic ring is 1. The largest absolute Gasteiger partial charge is 0.477 e. The van der Waals surface area contributed by atoms with E-state index >= 15 is 0 Å². The fourth-order valence-electron chi connectivity index (χ4n) is 0.907. The average molecular weight is 154 g/mol. The molecule has 4 N–H and O–H groups in total. The zero-order valence-electron chi connectivity index (χ0n) is 6.43. The fraction of sp³-hybridized carbons (Fsp3) is 0.286. The van der Waals surface area contributed by atoms with Gasteiger partial charge in [-0.15, -0.1) is 0 Å². The van der Waals surface area contributed by atoms with Gasteiger partial charge in [0.25, 0.3) is 0 Å². The maximum Gasteiger partial charge on any atom is 0.354 e. The quantitative estimate of drug-likeness (QED) is 0.562. The molecule has 0 unspecified atom stereocenters. The van der Waals surface area contributed by atoms with Gasteiger partial charge in [-0.25, -0.2) is 4.79 Å². The molecular weight excluding hydrogens is 144 g/mol. The highest BCUT2D eigenvalue weighted by atomic mass is 16.4.